The van der Waals surface area contributed by atoms with Gasteiger partial charge >= 0.3 is 0 Å². The standard InChI is InChI=1S/C25H23ClN8O3S/c1-12-6-28-19-17-15(38-20(19)21(35)31-12)3-2-14-18(17)29-8-16(32-14)37-22-13(7-30-24(26)33-22)9-34-5-4-25(23(34)36)10-27-11-25/h2-3,7-8,12,27-28H,4-6,9-11H2,1H3,(H,31,35)/t12-/m1/s1. The van der Waals surface area contributed by atoms with E-state index < -0.39 is 0 Å². The lowest BCUT2D eigenvalue weighted by Crippen LogP contribution is -2.57. The normalized spacial score (nSPS) is 20.3. The van der Waals surface area contributed by atoms with Gasteiger partial charge in [-0.25, -0.2) is 15.0 Å². The van der Waals surface area contributed by atoms with Crippen molar-refractivity contribution in [3.63, 3.8) is 0 Å². The smallest absolute Gasteiger partial charge is 0.263 e. The van der Waals surface area contributed by atoms with Gasteiger partial charge in [0.2, 0.25) is 23.0 Å². The number of rotatable bonds is 4. The number of ether oxygens (including phenoxy) is 1. The molecular weight excluding hydrogens is 528 g/mol. The first-order valence-corrected chi connectivity index (χ1v) is 13.6. The first-order chi connectivity index (χ1) is 18.4. The Morgan fingerprint density at radius 3 is 2.87 bits per heavy atom. The van der Waals surface area contributed by atoms with Crippen molar-refractivity contribution >= 4 is 61.6 Å². The van der Waals surface area contributed by atoms with Crippen LogP contribution in [0.3, 0.4) is 0 Å². The van der Waals surface area contributed by atoms with Gasteiger partial charge in [0.05, 0.1) is 40.4 Å². The molecular formula is C25H23ClN8O3S. The van der Waals surface area contributed by atoms with Crippen LogP contribution in [0.4, 0.5) is 5.69 Å². The van der Waals surface area contributed by atoms with Crippen LogP contribution < -0.4 is 20.7 Å². The van der Waals surface area contributed by atoms with Gasteiger partial charge in [0, 0.05) is 48.5 Å². The lowest BCUT2D eigenvalue weighted by atomic mass is 9.80. The molecule has 11 nitrogen and oxygen atoms in total. The number of nitrogens with zero attached hydrogens (tertiary/aromatic N) is 5. The first kappa shape index (κ1) is 23.5. The van der Waals surface area contributed by atoms with E-state index in [1.54, 1.807) is 6.20 Å². The largest absolute Gasteiger partial charge is 0.418 e. The second-order valence-corrected chi connectivity index (χ2v) is 11.4. The van der Waals surface area contributed by atoms with Crippen molar-refractivity contribution in [2.24, 2.45) is 5.41 Å². The zero-order valence-electron chi connectivity index (χ0n) is 20.4. The highest BCUT2D eigenvalue weighted by Gasteiger charge is 2.50. The molecule has 3 N–H and O–H groups in total. The summed E-state index contributed by atoms with van der Waals surface area (Å²) in [6.45, 7) is 5.00. The Labute approximate surface area is 226 Å². The van der Waals surface area contributed by atoms with Gasteiger partial charge < -0.3 is 25.6 Å². The van der Waals surface area contributed by atoms with Gasteiger partial charge in [0.15, 0.2) is 0 Å². The molecule has 6 heterocycles. The lowest BCUT2D eigenvalue weighted by molar-refractivity contribution is -0.138. The SMILES string of the molecule is C[C@@H]1CNc2c(sc3ccc4nc(Oc5nc(Cl)ncc5CN5CCC6(CNC6)C5=O)cnc4c23)C(=O)N1. The van der Waals surface area contributed by atoms with Gasteiger partial charge in [-0.15, -0.1) is 11.3 Å². The molecule has 4 aromatic rings. The fourth-order valence-corrected chi connectivity index (χ4v) is 6.51. The number of nitrogens with one attached hydrogen (secondary N) is 3. The summed E-state index contributed by atoms with van der Waals surface area (Å²) in [6.07, 6.45) is 3.94. The summed E-state index contributed by atoms with van der Waals surface area (Å²) in [5.74, 6) is 0.514. The third kappa shape index (κ3) is 3.74. The van der Waals surface area contributed by atoms with Gasteiger partial charge in [-0.2, -0.15) is 4.98 Å². The molecule has 1 atom stereocenters. The van der Waals surface area contributed by atoms with Gasteiger partial charge in [-0.3, -0.25) is 9.59 Å². The molecule has 38 heavy (non-hydrogen) atoms. The van der Waals surface area contributed by atoms with E-state index in [0.717, 1.165) is 35.3 Å². The number of carbonyl (C=O) groups excluding carboxylic acids is 2. The van der Waals surface area contributed by atoms with Crippen molar-refractivity contribution in [1.82, 2.24) is 35.5 Å². The Hall–Kier alpha value is -3.61. The number of benzene rings is 1. The van der Waals surface area contributed by atoms with Crippen molar-refractivity contribution in [2.45, 2.75) is 25.9 Å². The molecule has 0 unspecified atom stereocenters. The minimum absolute atomic E-state index is 0.0128. The van der Waals surface area contributed by atoms with Crippen LogP contribution in [0, 0.1) is 5.41 Å². The summed E-state index contributed by atoms with van der Waals surface area (Å²) in [4.78, 5) is 45.8. The average molecular weight is 551 g/mol. The number of aromatic nitrogens is 4. The summed E-state index contributed by atoms with van der Waals surface area (Å²) in [5, 5.41) is 10.5. The molecule has 3 aromatic heterocycles. The number of thiophene rings is 1. The van der Waals surface area contributed by atoms with Crippen molar-refractivity contribution in [1.29, 1.82) is 0 Å². The highest BCUT2D eigenvalue weighted by Crippen LogP contribution is 2.41. The number of amides is 2. The lowest BCUT2D eigenvalue weighted by Gasteiger charge is -2.37. The average Bonchev–Trinajstić information content (AvgIpc) is 3.38. The van der Waals surface area contributed by atoms with Crippen LogP contribution in [0.15, 0.2) is 24.5 Å². The van der Waals surface area contributed by atoms with Gasteiger partial charge in [-0.05, 0) is 37.1 Å². The molecule has 3 aliphatic rings. The van der Waals surface area contributed by atoms with E-state index in [2.05, 4.69) is 35.9 Å². The van der Waals surface area contributed by atoms with E-state index in [4.69, 9.17) is 16.3 Å². The molecule has 1 spiro atoms. The predicted octanol–water partition coefficient (Wildman–Crippen LogP) is 2.95. The molecule has 1 aromatic carbocycles. The maximum absolute atomic E-state index is 13.0. The molecule has 0 bridgehead atoms. The zero-order valence-corrected chi connectivity index (χ0v) is 21.9. The number of likely N-dealkylation sites (tertiary alicyclic amines) is 1. The zero-order chi connectivity index (χ0) is 26.0. The van der Waals surface area contributed by atoms with Gasteiger partial charge in [0.25, 0.3) is 5.91 Å². The Bertz CT molecular complexity index is 1640. The molecule has 3 aliphatic heterocycles. The number of hydrogen-bond donors (Lipinski definition) is 3. The maximum atomic E-state index is 13.0. The topological polar surface area (TPSA) is 134 Å². The molecule has 0 aliphatic carbocycles. The number of fused-ring (bicyclic) bond motifs is 5. The number of anilines is 1. The van der Waals surface area contributed by atoms with Crippen LogP contribution in [0.5, 0.6) is 11.8 Å². The highest BCUT2D eigenvalue weighted by atomic mass is 35.5. The molecule has 2 fully saturated rings. The van der Waals surface area contributed by atoms with E-state index in [-0.39, 0.29) is 40.3 Å². The Morgan fingerprint density at radius 2 is 2.08 bits per heavy atom. The summed E-state index contributed by atoms with van der Waals surface area (Å²) < 4.78 is 7.00. The van der Waals surface area contributed by atoms with Crippen molar-refractivity contribution in [2.75, 3.05) is 31.5 Å². The summed E-state index contributed by atoms with van der Waals surface area (Å²) in [7, 11) is 0. The van der Waals surface area contributed by atoms with Crippen LogP contribution in [-0.4, -0.2) is 68.9 Å². The van der Waals surface area contributed by atoms with Crippen molar-refractivity contribution in [3.8, 4) is 11.8 Å². The molecule has 0 radical (unpaired) electrons. The fourth-order valence-electron chi connectivity index (χ4n) is 5.30. The number of hydrogen-bond acceptors (Lipinski definition) is 10. The van der Waals surface area contributed by atoms with E-state index in [1.807, 2.05) is 24.0 Å². The first-order valence-electron chi connectivity index (χ1n) is 12.4. The minimum Gasteiger partial charge on any atom is -0.418 e. The van der Waals surface area contributed by atoms with E-state index in [1.165, 1.54) is 17.5 Å². The van der Waals surface area contributed by atoms with Crippen molar-refractivity contribution < 1.29 is 14.3 Å². The third-order valence-corrected chi connectivity index (χ3v) is 8.73. The van der Waals surface area contributed by atoms with Crippen LogP contribution in [0.2, 0.25) is 5.28 Å². The summed E-state index contributed by atoms with van der Waals surface area (Å²) >= 11 is 7.52. The molecule has 13 heteroatoms. The van der Waals surface area contributed by atoms with E-state index in [9.17, 15) is 9.59 Å². The van der Waals surface area contributed by atoms with Crippen LogP contribution in [-0.2, 0) is 11.3 Å². The Kier molecular flexibility index (Phi) is 5.39. The third-order valence-electron chi connectivity index (χ3n) is 7.40. The number of carbonyl (C=O) groups is 2. The van der Waals surface area contributed by atoms with E-state index >= 15 is 0 Å². The molecule has 2 amide bonds. The molecule has 2 saturated heterocycles. The number of halogens is 1. The van der Waals surface area contributed by atoms with Gasteiger partial charge in [-0.1, -0.05) is 0 Å². The van der Waals surface area contributed by atoms with Crippen LogP contribution >= 0.6 is 22.9 Å². The van der Waals surface area contributed by atoms with Crippen molar-refractivity contribution in [3.05, 3.63) is 40.3 Å². The molecule has 194 valence electrons. The Balaban J connectivity index is 1.21. The molecule has 0 saturated carbocycles. The highest BCUT2D eigenvalue weighted by molar-refractivity contribution is 7.21. The maximum Gasteiger partial charge on any atom is 0.263 e. The van der Waals surface area contributed by atoms with E-state index in [0.29, 0.717) is 41.1 Å². The summed E-state index contributed by atoms with van der Waals surface area (Å²) in [6, 6.07) is 3.81. The quantitative estimate of drug-likeness (QED) is 0.328. The second kappa shape index (κ2) is 8.72. The van der Waals surface area contributed by atoms with Crippen LogP contribution in [0.25, 0.3) is 21.1 Å². The predicted molar refractivity (Wildman–Crippen MR) is 143 cm³/mol. The summed E-state index contributed by atoms with van der Waals surface area (Å²) in [5.41, 5.74) is 2.42. The fraction of sp³-hybridized carbons (Fsp3) is 0.360. The Morgan fingerprint density at radius 1 is 1.21 bits per heavy atom. The monoisotopic (exact) mass is 550 g/mol. The molecule has 7 rings (SSSR count). The van der Waals surface area contributed by atoms with Gasteiger partial charge in [0.1, 0.15) is 4.88 Å². The second-order valence-electron chi connectivity index (χ2n) is 10.0. The minimum atomic E-state index is -0.281. The van der Waals surface area contributed by atoms with Crippen LogP contribution in [0.1, 0.15) is 28.6 Å².